The Hall–Kier alpha value is -1.86. The molecule has 3 aliphatic rings. The second kappa shape index (κ2) is 12.1. The molecule has 1 atom stereocenters. The highest BCUT2D eigenvalue weighted by atomic mass is 35.5. The van der Waals surface area contributed by atoms with E-state index in [9.17, 15) is 9.18 Å². The van der Waals surface area contributed by atoms with Crippen molar-refractivity contribution in [2.24, 2.45) is 0 Å². The van der Waals surface area contributed by atoms with Gasteiger partial charge in [0.25, 0.3) is 5.91 Å². The molecule has 0 spiro atoms. The van der Waals surface area contributed by atoms with Gasteiger partial charge in [-0.25, -0.2) is 4.39 Å². The van der Waals surface area contributed by atoms with Crippen LogP contribution < -0.4 is 0 Å². The molecule has 0 bridgehead atoms. The Morgan fingerprint density at radius 1 is 0.972 bits per heavy atom. The van der Waals surface area contributed by atoms with Gasteiger partial charge in [-0.1, -0.05) is 54.0 Å². The number of halogens is 2. The van der Waals surface area contributed by atoms with Gasteiger partial charge in [-0.3, -0.25) is 4.79 Å². The third-order valence-electron chi connectivity index (χ3n) is 7.61. The van der Waals surface area contributed by atoms with E-state index in [1.807, 2.05) is 35.2 Å². The smallest absolute Gasteiger partial charge is 0.261 e. The van der Waals surface area contributed by atoms with E-state index in [1.165, 1.54) is 69.1 Å². The summed E-state index contributed by atoms with van der Waals surface area (Å²) in [7, 11) is 0. The SMILES string of the molecule is O=C1C(=Cc2cccc(F)c2)SC(c2cccc(Cl)c2)N1CCCN1CCC(N2CCCCC2)CC1. The van der Waals surface area contributed by atoms with Crippen LogP contribution in [0.15, 0.2) is 53.4 Å². The Balaban J connectivity index is 1.22. The van der Waals surface area contributed by atoms with Crippen LogP contribution in [0.5, 0.6) is 0 Å². The van der Waals surface area contributed by atoms with Gasteiger partial charge in [0.2, 0.25) is 0 Å². The van der Waals surface area contributed by atoms with Crippen molar-refractivity contribution in [2.45, 2.75) is 49.9 Å². The van der Waals surface area contributed by atoms with Crippen LogP contribution in [0, 0.1) is 5.82 Å². The molecule has 3 saturated heterocycles. The number of hydrogen-bond donors (Lipinski definition) is 0. The van der Waals surface area contributed by atoms with Gasteiger partial charge in [-0.2, -0.15) is 0 Å². The summed E-state index contributed by atoms with van der Waals surface area (Å²) in [5, 5.41) is 0.542. The molecule has 7 heteroatoms. The quantitative estimate of drug-likeness (QED) is 0.387. The molecule has 0 radical (unpaired) electrons. The molecule has 1 unspecified atom stereocenters. The van der Waals surface area contributed by atoms with Crippen molar-refractivity contribution in [2.75, 3.05) is 39.3 Å². The predicted molar refractivity (Wildman–Crippen MR) is 147 cm³/mol. The fourth-order valence-corrected chi connectivity index (χ4v) is 7.18. The number of likely N-dealkylation sites (tertiary alicyclic amines) is 2. The zero-order chi connectivity index (χ0) is 24.9. The molecule has 3 fully saturated rings. The van der Waals surface area contributed by atoms with Crippen LogP contribution in [-0.4, -0.2) is 65.9 Å². The molecular weight excluding hydrogens is 493 g/mol. The van der Waals surface area contributed by atoms with E-state index < -0.39 is 0 Å². The van der Waals surface area contributed by atoms with Crippen molar-refractivity contribution in [3.63, 3.8) is 0 Å². The van der Waals surface area contributed by atoms with Crippen molar-refractivity contribution >= 4 is 35.3 Å². The van der Waals surface area contributed by atoms with Crippen LogP contribution in [-0.2, 0) is 4.79 Å². The lowest BCUT2D eigenvalue weighted by Gasteiger charge is -2.40. The standard InChI is InChI=1S/C29H35ClFN3OS/c30-24-9-5-8-23(21-24)29-34(28(35)27(36-29)20-22-7-4-10-25(31)19-22)16-6-13-32-17-11-26(12-18-32)33-14-2-1-3-15-33/h4-5,7-10,19-21,26,29H,1-3,6,11-18H2. The zero-order valence-electron chi connectivity index (χ0n) is 20.8. The highest BCUT2D eigenvalue weighted by molar-refractivity contribution is 8.04. The van der Waals surface area contributed by atoms with Crippen LogP contribution in [0.2, 0.25) is 5.02 Å². The summed E-state index contributed by atoms with van der Waals surface area (Å²) in [6, 6.07) is 14.9. The van der Waals surface area contributed by atoms with Gasteiger partial charge >= 0.3 is 0 Å². The van der Waals surface area contributed by atoms with Gasteiger partial charge in [0.15, 0.2) is 0 Å². The molecule has 3 heterocycles. The Morgan fingerprint density at radius 2 is 1.75 bits per heavy atom. The minimum atomic E-state index is -0.299. The van der Waals surface area contributed by atoms with Gasteiger partial charge in [-0.15, -0.1) is 0 Å². The first kappa shape index (κ1) is 25.8. The summed E-state index contributed by atoms with van der Waals surface area (Å²) < 4.78 is 13.7. The lowest BCUT2D eigenvalue weighted by Crippen LogP contribution is -2.47. The number of amides is 1. The molecule has 0 N–H and O–H groups in total. The molecule has 4 nitrogen and oxygen atoms in total. The monoisotopic (exact) mass is 527 g/mol. The number of piperidine rings is 2. The predicted octanol–water partition coefficient (Wildman–Crippen LogP) is 6.43. The topological polar surface area (TPSA) is 26.8 Å². The van der Waals surface area contributed by atoms with E-state index in [0.29, 0.717) is 22.0 Å². The number of thioether (sulfide) groups is 1. The minimum absolute atomic E-state index is 0.0121. The molecule has 0 aliphatic carbocycles. The average Bonchev–Trinajstić information content (AvgIpc) is 3.20. The van der Waals surface area contributed by atoms with Crippen molar-refractivity contribution in [3.05, 3.63) is 75.4 Å². The molecule has 2 aromatic carbocycles. The lowest BCUT2D eigenvalue weighted by atomic mass is 10.00. The summed E-state index contributed by atoms with van der Waals surface area (Å²) >= 11 is 7.81. The fourth-order valence-electron chi connectivity index (χ4n) is 5.71. The van der Waals surface area contributed by atoms with Crippen molar-refractivity contribution in [1.29, 1.82) is 0 Å². The van der Waals surface area contributed by atoms with E-state index in [2.05, 4.69) is 9.80 Å². The Morgan fingerprint density at radius 3 is 2.50 bits per heavy atom. The van der Waals surface area contributed by atoms with E-state index in [0.717, 1.165) is 37.7 Å². The van der Waals surface area contributed by atoms with Gasteiger partial charge in [0.05, 0.1) is 4.91 Å². The van der Waals surface area contributed by atoms with Gasteiger partial charge < -0.3 is 14.7 Å². The van der Waals surface area contributed by atoms with E-state index in [4.69, 9.17) is 11.6 Å². The average molecular weight is 528 g/mol. The van der Waals surface area contributed by atoms with Gasteiger partial charge in [-0.05, 0) is 106 Å². The van der Waals surface area contributed by atoms with Crippen LogP contribution in [0.4, 0.5) is 4.39 Å². The molecule has 0 saturated carbocycles. The maximum Gasteiger partial charge on any atom is 0.261 e. The highest BCUT2D eigenvalue weighted by Gasteiger charge is 2.37. The molecule has 36 heavy (non-hydrogen) atoms. The Kier molecular flexibility index (Phi) is 8.68. The number of nitrogens with zero attached hydrogens (tertiary/aromatic N) is 3. The third-order valence-corrected chi connectivity index (χ3v) is 9.14. The number of rotatable bonds is 7. The number of carbonyl (C=O) groups is 1. The van der Waals surface area contributed by atoms with Crippen LogP contribution >= 0.6 is 23.4 Å². The summed E-state index contributed by atoms with van der Waals surface area (Å²) in [5.74, 6) is -0.287. The van der Waals surface area contributed by atoms with E-state index >= 15 is 0 Å². The summed E-state index contributed by atoms with van der Waals surface area (Å²) in [5.41, 5.74) is 1.72. The second-order valence-electron chi connectivity index (χ2n) is 10.1. The Bertz CT molecular complexity index is 1080. The fraction of sp³-hybridized carbons (Fsp3) is 0.483. The number of hydrogen-bond acceptors (Lipinski definition) is 4. The van der Waals surface area contributed by atoms with Crippen molar-refractivity contribution in [1.82, 2.24) is 14.7 Å². The molecule has 3 aliphatic heterocycles. The molecule has 2 aromatic rings. The van der Waals surface area contributed by atoms with Crippen molar-refractivity contribution < 1.29 is 9.18 Å². The molecule has 0 aromatic heterocycles. The summed E-state index contributed by atoms with van der Waals surface area (Å²) in [6.45, 7) is 6.53. The van der Waals surface area contributed by atoms with E-state index in [1.54, 1.807) is 12.1 Å². The van der Waals surface area contributed by atoms with E-state index in [-0.39, 0.29) is 17.1 Å². The molecule has 1 amide bonds. The lowest BCUT2D eigenvalue weighted by molar-refractivity contribution is -0.126. The van der Waals surface area contributed by atoms with Crippen LogP contribution in [0.1, 0.15) is 55.0 Å². The maximum atomic E-state index is 13.7. The van der Waals surface area contributed by atoms with Crippen LogP contribution in [0.3, 0.4) is 0 Å². The summed E-state index contributed by atoms with van der Waals surface area (Å²) in [6.07, 6.45) is 9.34. The molecular formula is C29H35ClFN3OS. The normalized spacial score (nSPS) is 23.6. The third kappa shape index (κ3) is 6.34. The van der Waals surface area contributed by atoms with Gasteiger partial charge in [0, 0.05) is 17.6 Å². The summed E-state index contributed by atoms with van der Waals surface area (Å²) in [4.78, 5) is 21.3. The number of carbonyl (C=O) groups excluding carboxylic acids is 1. The second-order valence-corrected chi connectivity index (χ2v) is 11.7. The first-order valence-electron chi connectivity index (χ1n) is 13.2. The van der Waals surface area contributed by atoms with Crippen molar-refractivity contribution in [3.8, 4) is 0 Å². The minimum Gasteiger partial charge on any atom is -0.322 e. The number of benzene rings is 2. The first-order chi connectivity index (χ1) is 17.6. The maximum absolute atomic E-state index is 13.7. The molecule has 192 valence electrons. The highest BCUT2D eigenvalue weighted by Crippen LogP contribution is 2.46. The Labute approximate surface area is 223 Å². The largest absolute Gasteiger partial charge is 0.322 e. The zero-order valence-corrected chi connectivity index (χ0v) is 22.3. The molecule has 5 rings (SSSR count). The van der Waals surface area contributed by atoms with Crippen LogP contribution in [0.25, 0.3) is 6.08 Å². The van der Waals surface area contributed by atoms with Gasteiger partial charge in [0.1, 0.15) is 11.2 Å². The first-order valence-corrected chi connectivity index (χ1v) is 14.5.